The van der Waals surface area contributed by atoms with Crippen molar-refractivity contribution in [2.75, 3.05) is 0 Å². The minimum Gasteiger partial charge on any atom is -0.192 e. The molecule has 0 amide bonds. The Kier molecular flexibility index (Phi) is 7.64. The van der Waals surface area contributed by atoms with Gasteiger partial charge >= 0.3 is 12.4 Å². The first-order chi connectivity index (χ1) is 18.9. The van der Waals surface area contributed by atoms with E-state index in [1.807, 2.05) is 0 Å². The summed E-state index contributed by atoms with van der Waals surface area (Å²) in [6.07, 6.45) is -11.1. The van der Waals surface area contributed by atoms with E-state index in [0.717, 1.165) is 48.5 Å². The van der Waals surface area contributed by atoms with Crippen LogP contribution in [0, 0.1) is 68.0 Å². The molecule has 0 radical (unpaired) electrons. The predicted molar refractivity (Wildman–Crippen MR) is 125 cm³/mol. The van der Waals surface area contributed by atoms with Gasteiger partial charge < -0.3 is 0 Å². The maximum absolute atomic E-state index is 14.9. The molecule has 0 atom stereocenters. The third kappa shape index (κ3) is 5.03. The Bertz CT molecular complexity index is 1730. The normalized spacial score (nSPS) is 10.6. The Balaban J connectivity index is 3.02. The molecule has 3 aromatic rings. The van der Waals surface area contributed by atoms with Crippen molar-refractivity contribution in [3.05, 3.63) is 81.2 Å². The number of nitrogens with zero attached hydrogens (tertiary/aromatic N) is 6. The molecule has 0 aliphatic rings. The lowest BCUT2D eigenvalue weighted by molar-refractivity contribution is -0.141. The SMILES string of the molecule is N#CC(C#N)=c1c(-c2ccc(C#N)cc2)c(C(F)(F)F)c(=C(C#N)C#N)c(-c2ccc(C#N)cc2)c1C(F)(F)F. The van der Waals surface area contributed by atoms with Crippen LogP contribution in [0.5, 0.6) is 0 Å². The molecule has 0 aliphatic carbocycles. The number of hydrogen-bond donors (Lipinski definition) is 0. The lowest BCUT2D eigenvalue weighted by atomic mass is 9.82. The van der Waals surface area contributed by atoms with Crippen LogP contribution in [-0.2, 0) is 12.4 Å². The zero-order chi connectivity index (χ0) is 29.8. The van der Waals surface area contributed by atoms with Gasteiger partial charge in [-0.1, -0.05) is 24.3 Å². The molecule has 0 heterocycles. The van der Waals surface area contributed by atoms with E-state index >= 15 is 0 Å². The number of rotatable bonds is 2. The molecule has 0 spiro atoms. The fourth-order valence-electron chi connectivity index (χ4n) is 4.09. The van der Waals surface area contributed by atoms with E-state index in [9.17, 15) is 47.4 Å². The van der Waals surface area contributed by atoms with Crippen LogP contribution in [0.4, 0.5) is 26.3 Å². The van der Waals surface area contributed by atoms with Gasteiger partial charge in [-0.15, -0.1) is 0 Å². The lowest BCUT2D eigenvalue weighted by Gasteiger charge is -2.23. The molecule has 0 bridgehead atoms. The van der Waals surface area contributed by atoms with Crippen LogP contribution in [0.2, 0.25) is 0 Å². The smallest absolute Gasteiger partial charge is 0.192 e. The number of nitriles is 6. The molecular weight excluding hydrogens is 534 g/mol. The van der Waals surface area contributed by atoms with Gasteiger partial charge in [0.2, 0.25) is 0 Å². The number of halogens is 6. The molecule has 0 unspecified atom stereocenters. The van der Waals surface area contributed by atoms with E-state index in [1.165, 1.54) is 24.3 Å². The molecule has 0 N–H and O–H groups in total. The fourth-order valence-corrected chi connectivity index (χ4v) is 4.09. The highest BCUT2D eigenvalue weighted by Crippen LogP contribution is 2.41. The van der Waals surface area contributed by atoms with E-state index in [-0.39, 0.29) is 11.1 Å². The summed E-state index contributed by atoms with van der Waals surface area (Å²) >= 11 is 0. The molecule has 12 heteroatoms. The van der Waals surface area contributed by atoms with Crippen molar-refractivity contribution in [3.63, 3.8) is 0 Å². The third-order valence-corrected chi connectivity index (χ3v) is 5.62. The largest absolute Gasteiger partial charge is 0.417 e. The van der Waals surface area contributed by atoms with Gasteiger partial charge in [0.15, 0.2) is 0 Å². The summed E-state index contributed by atoms with van der Waals surface area (Å²) in [6.45, 7) is 0. The molecule has 40 heavy (non-hydrogen) atoms. The van der Waals surface area contributed by atoms with Crippen LogP contribution in [-0.4, -0.2) is 0 Å². The highest BCUT2D eigenvalue weighted by atomic mass is 19.4. The summed E-state index contributed by atoms with van der Waals surface area (Å²) in [5.41, 5.74) is -10.2. The van der Waals surface area contributed by atoms with Crippen LogP contribution in [0.25, 0.3) is 33.4 Å². The maximum Gasteiger partial charge on any atom is 0.417 e. The second-order valence-electron chi connectivity index (χ2n) is 7.82. The second-order valence-corrected chi connectivity index (χ2v) is 7.82. The average molecular weight is 542 g/mol. The minimum atomic E-state index is -5.53. The van der Waals surface area contributed by atoms with E-state index < -0.39 is 67.3 Å². The van der Waals surface area contributed by atoms with Crippen molar-refractivity contribution in [2.24, 2.45) is 0 Å². The number of hydrogen-bond acceptors (Lipinski definition) is 6. The molecule has 192 valence electrons. The summed E-state index contributed by atoms with van der Waals surface area (Å²) in [5.74, 6) is 0. The van der Waals surface area contributed by atoms with Gasteiger partial charge in [0.1, 0.15) is 35.4 Å². The van der Waals surface area contributed by atoms with Crippen LogP contribution >= 0.6 is 0 Å². The quantitative estimate of drug-likeness (QED) is 0.408. The topological polar surface area (TPSA) is 143 Å². The minimum absolute atomic E-state index is 0.0598. The van der Waals surface area contributed by atoms with Crippen LogP contribution < -0.4 is 10.4 Å². The van der Waals surface area contributed by atoms with Crippen LogP contribution in [0.1, 0.15) is 22.3 Å². The summed E-state index contributed by atoms with van der Waals surface area (Å²) in [6, 6.07) is 15.9. The Hall–Kier alpha value is -6.08. The highest BCUT2D eigenvalue weighted by molar-refractivity contribution is 5.90. The zero-order valence-corrected chi connectivity index (χ0v) is 19.6. The standard InChI is InChI=1S/C28H8F6N6/c29-27(30,31)25-21(17-5-1-15(9-35)2-6-17)23(19(11-37)12-38)26(28(32,33)34)22(24(25)20(13-39)14-40)18-7-3-16(10-36)4-8-18/h1-8H. The summed E-state index contributed by atoms with van der Waals surface area (Å²) in [4.78, 5) is 0. The van der Waals surface area contributed by atoms with E-state index in [4.69, 9.17) is 10.5 Å². The van der Waals surface area contributed by atoms with Gasteiger partial charge in [-0.05, 0) is 35.4 Å². The highest BCUT2D eigenvalue weighted by Gasteiger charge is 2.44. The van der Waals surface area contributed by atoms with Crippen LogP contribution in [0.3, 0.4) is 0 Å². The van der Waals surface area contributed by atoms with Gasteiger partial charge in [0.05, 0.1) is 34.4 Å². The van der Waals surface area contributed by atoms with Gasteiger partial charge in [0, 0.05) is 21.6 Å². The van der Waals surface area contributed by atoms with Crippen molar-refractivity contribution in [2.45, 2.75) is 12.4 Å². The molecular formula is C28H8F6N6. The van der Waals surface area contributed by atoms with Gasteiger partial charge in [-0.3, -0.25) is 0 Å². The number of benzene rings is 3. The Morgan fingerprint density at radius 2 is 0.750 bits per heavy atom. The third-order valence-electron chi connectivity index (χ3n) is 5.62. The molecule has 0 aliphatic heterocycles. The van der Waals surface area contributed by atoms with Gasteiger partial charge in [-0.25, -0.2) is 0 Å². The first-order valence-corrected chi connectivity index (χ1v) is 10.6. The van der Waals surface area contributed by atoms with Crippen molar-refractivity contribution in [1.29, 1.82) is 31.6 Å². The predicted octanol–water partition coefficient (Wildman–Crippen LogP) is 5.20. The first-order valence-electron chi connectivity index (χ1n) is 10.6. The molecule has 0 saturated carbocycles. The molecule has 0 fully saturated rings. The van der Waals surface area contributed by atoms with E-state index in [2.05, 4.69) is 0 Å². The van der Waals surface area contributed by atoms with E-state index in [1.54, 1.807) is 12.1 Å². The summed E-state index contributed by atoms with van der Waals surface area (Å²) in [5, 5.41) is 53.6. The second kappa shape index (κ2) is 10.7. The molecule has 3 aromatic carbocycles. The van der Waals surface area contributed by atoms with Gasteiger partial charge in [-0.2, -0.15) is 57.9 Å². The van der Waals surface area contributed by atoms with Crippen molar-refractivity contribution in [3.8, 4) is 58.7 Å². The average Bonchev–Trinajstić information content (AvgIpc) is 2.93. The van der Waals surface area contributed by atoms with E-state index in [0.29, 0.717) is 0 Å². The van der Waals surface area contributed by atoms with Crippen molar-refractivity contribution < 1.29 is 26.3 Å². The molecule has 6 nitrogen and oxygen atoms in total. The monoisotopic (exact) mass is 542 g/mol. The maximum atomic E-state index is 14.9. The first kappa shape index (κ1) is 28.5. The van der Waals surface area contributed by atoms with Crippen LogP contribution in [0.15, 0.2) is 48.5 Å². The molecule has 0 saturated heterocycles. The van der Waals surface area contributed by atoms with Gasteiger partial charge in [0.25, 0.3) is 0 Å². The van der Waals surface area contributed by atoms with Crippen molar-refractivity contribution >= 4 is 11.1 Å². The summed E-state index contributed by atoms with van der Waals surface area (Å²) in [7, 11) is 0. The molecule has 3 rings (SSSR count). The van der Waals surface area contributed by atoms with Crippen molar-refractivity contribution in [1.82, 2.24) is 0 Å². The number of alkyl halides is 6. The lowest BCUT2D eigenvalue weighted by Crippen LogP contribution is -2.36. The fraction of sp³-hybridized carbons (Fsp3) is 0.0714. The zero-order valence-electron chi connectivity index (χ0n) is 19.6. The molecule has 0 aromatic heterocycles. The Morgan fingerprint density at radius 1 is 0.475 bits per heavy atom. The Morgan fingerprint density at radius 3 is 0.950 bits per heavy atom. The summed E-state index contributed by atoms with van der Waals surface area (Å²) < 4.78 is 89.3. The Labute approximate surface area is 221 Å².